The minimum Gasteiger partial charge on any atom is -0.378 e. The third-order valence-corrected chi connectivity index (χ3v) is 3.56. The maximum Gasteiger partial charge on any atom is 0.0578 e. The fraction of sp³-hybridized carbons (Fsp3) is 1.00. The highest BCUT2D eigenvalue weighted by Gasteiger charge is 2.15. The average molecular weight is 243 g/mol. The fourth-order valence-corrected chi connectivity index (χ4v) is 2.71. The molecule has 2 atom stereocenters. The van der Waals surface area contributed by atoms with Gasteiger partial charge >= 0.3 is 0 Å². The molecule has 0 aliphatic carbocycles. The highest BCUT2D eigenvalue weighted by atomic mass is 16.5. The number of rotatable bonds is 4. The van der Waals surface area contributed by atoms with Crippen LogP contribution in [0, 0.1) is 5.92 Å². The lowest BCUT2D eigenvalue weighted by atomic mass is 10.0. The Labute approximate surface area is 109 Å². The van der Waals surface area contributed by atoms with Crippen molar-refractivity contribution < 1.29 is 6.16 Å². The Balaban J connectivity index is 0.000000306. The van der Waals surface area contributed by atoms with Gasteiger partial charge < -0.3 is 10.1 Å². The third-order valence-electron chi connectivity index (χ3n) is 3.56. The standard InChI is InChI=1S/C8H16O.C7H15N.H2/c1-7(2)6-8-4-3-5-9-8;1-2-4-7-5-3-6-8-7;/h7-8H,3-6H2,1-2H3;7-8H,2-6H2,1H3;1H. The zero-order valence-corrected chi connectivity index (χ0v) is 12.0. The lowest BCUT2D eigenvalue weighted by Crippen LogP contribution is -2.20. The van der Waals surface area contributed by atoms with E-state index in [2.05, 4.69) is 26.1 Å². The van der Waals surface area contributed by atoms with E-state index < -0.39 is 0 Å². The monoisotopic (exact) mass is 243 g/mol. The smallest absolute Gasteiger partial charge is 0.0578 e. The molecule has 0 aromatic carbocycles. The summed E-state index contributed by atoms with van der Waals surface area (Å²) in [5, 5.41) is 3.46. The summed E-state index contributed by atoms with van der Waals surface area (Å²) in [6, 6.07) is 0.861. The summed E-state index contributed by atoms with van der Waals surface area (Å²) in [7, 11) is 0. The summed E-state index contributed by atoms with van der Waals surface area (Å²) in [6.07, 6.45) is 9.91. The van der Waals surface area contributed by atoms with Crippen LogP contribution in [0.25, 0.3) is 0 Å². The Morgan fingerprint density at radius 1 is 1.29 bits per heavy atom. The lowest BCUT2D eigenvalue weighted by molar-refractivity contribution is 0.0939. The van der Waals surface area contributed by atoms with Crippen molar-refractivity contribution in [3.8, 4) is 0 Å². The van der Waals surface area contributed by atoms with Crippen molar-refractivity contribution in [2.45, 2.75) is 77.9 Å². The van der Waals surface area contributed by atoms with Gasteiger partial charge in [0.15, 0.2) is 0 Å². The van der Waals surface area contributed by atoms with E-state index in [0.29, 0.717) is 6.10 Å². The Hall–Kier alpha value is -0.0800. The van der Waals surface area contributed by atoms with Gasteiger partial charge in [0.1, 0.15) is 0 Å². The van der Waals surface area contributed by atoms with Gasteiger partial charge in [-0.25, -0.2) is 0 Å². The summed E-state index contributed by atoms with van der Waals surface area (Å²) in [5.74, 6) is 0.799. The first kappa shape index (κ1) is 15.0. The Morgan fingerprint density at radius 2 is 2.12 bits per heavy atom. The molecule has 0 spiro atoms. The second kappa shape index (κ2) is 8.93. The van der Waals surface area contributed by atoms with Crippen LogP contribution in [0.2, 0.25) is 0 Å². The SMILES string of the molecule is CC(C)CC1CCCO1.CCCC1CCCN1.[HH]. The van der Waals surface area contributed by atoms with Crippen LogP contribution in [0.5, 0.6) is 0 Å². The molecule has 0 aromatic heterocycles. The van der Waals surface area contributed by atoms with Crippen LogP contribution in [-0.2, 0) is 4.74 Å². The number of ether oxygens (including phenoxy) is 1. The molecule has 2 heterocycles. The van der Waals surface area contributed by atoms with Gasteiger partial charge in [0.25, 0.3) is 0 Å². The average Bonchev–Trinajstić information content (AvgIpc) is 2.91. The van der Waals surface area contributed by atoms with Crippen molar-refractivity contribution in [1.29, 1.82) is 0 Å². The van der Waals surface area contributed by atoms with Gasteiger partial charge in [0.05, 0.1) is 6.10 Å². The van der Waals surface area contributed by atoms with E-state index in [1.807, 2.05) is 0 Å². The van der Waals surface area contributed by atoms with E-state index in [0.717, 1.165) is 18.6 Å². The van der Waals surface area contributed by atoms with Crippen molar-refractivity contribution in [2.24, 2.45) is 5.92 Å². The van der Waals surface area contributed by atoms with Crippen LogP contribution in [0.1, 0.15) is 67.1 Å². The van der Waals surface area contributed by atoms with Gasteiger partial charge in [-0.15, -0.1) is 0 Å². The maximum absolute atomic E-state index is 5.46. The summed E-state index contributed by atoms with van der Waals surface area (Å²) < 4.78 is 5.46. The van der Waals surface area contributed by atoms with E-state index >= 15 is 0 Å². The second-order valence-corrected chi connectivity index (χ2v) is 5.85. The van der Waals surface area contributed by atoms with Crippen LogP contribution in [0.4, 0.5) is 0 Å². The van der Waals surface area contributed by atoms with E-state index in [1.165, 1.54) is 51.5 Å². The molecule has 0 amide bonds. The molecule has 1 N–H and O–H groups in total. The molecule has 2 nitrogen and oxygen atoms in total. The van der Waals surface area contributed by atoms with Gasteiger partial charge in [0, 0.05) is 14.1 Å². The van der Waals surface area contributed by atoms with Crippen molar-refractivity contribution in [3.63, 3.8) is 0 Å². The molecule has 0 aromatic rings. The third kappa shape index (κ3) is 7.05. The minimum absolute atomic E-state index is 0. The molecule has 0 bridgehead atoms. The number of hydrogen-bond acceptors (Lipinski definition) is 2. The van der Waals surface area contributed by atoms with E-state index in [1.54, 1.807) is 0 Å². The summed E-state index contributed by atoms with van der Waals surface area (Å²) in [6.45, 7) is 9.01. The van der Waals surface area contributed by atoms with Crippen LogP contribution in [-0.4, -0.2) is 25.3 Å². The van der Waals surface area contributed by atoms with Crippen LogP contribution < -0.4 is 5.32 Å². The Morgan fingerprint density at radius 3 is 2.59 bits per heavy atom. The summed E-state index contributed by atoms with van der Waals surface area (Å²) in [4.78, 5) is 0. The predicted molar refractivity (Wildman–Crippen MR) is 76.5 cm³/mol. The molecule has 2 aliphatic heterocycles. The van der Waals surface area contributed by atoms with E-state index in [4.69, 9.17) is 4.74 Å². The van der Waals surface area contributed by atoms with Crippen LogP contribution in [0.15, 0.2) is 0 Å². The highest BCUT2D eigenvalue weighted by molar-refractivity contribution is 4.72. The van der Waals surface area contributed by atoms with E-state index in [9.17, 15) is 0 Å². The molecule has 17 heavy (non-hydrogen) atoms. The predicted octanol–water partition coefficient (Wildman–Crippen LogP) is 4.00. The summed E-state index contributed by atoms with van der Waals surface area (Å²) in [5.41, 5.74) is 0. The molecule has 104 valence electrons. The molecule has 2 rings (SSSR count). The summed E-state index contributed by atoms with van der Waals surface area (Å²) >= 11 is 0. The molecule has 0 radical (unpaired) electrons. The largest absolute Gasteiger partial charge is 0.378 e. The van der Waals surface area contributed by atoms with E-state index in [-0.39, 0.29) is 1.43 Å². The molecule has 2 unspecified atom stereocenters. The molecular formula is C15H33NO. The molecular weight excluding hydrogens is 210 g/mol. The van der Waals surface area contributed by atoms with Crippen molar-refractivity contribution >= 4 is 0 Å². The zero-order chi connectivity index (χ0) is 12.5. The van der Waals surface area contributed by atoms with Gasteiger partial charge in [-0.05, 0) is 51.0 Å². The first-order valence-corrected chi connectivity index (χ1v) is 7.57. The minimum atomic E-state index is 0. The normalized spacial score (nSPS) is 28.2. The van der Waals surface area contributed by atoms with Gasteiger partial charge in [-0.3, -0.25) is 0 Å². The first-order chi connectivity index (χ1) is 8.22. The number of hydrogen-bond donors (Lipinski definition) is 1. The van der Waals surface area contributed by atoms with Gasteiger partial charge in [-0.1, -0.05) is 27.2 Å². The highest BCUT2D eigenvalue weighted by Crippen LogP contribution is 2.18. The first-order valence-electron chi connectivity index (χ1n) is 7.57. The molecule has 2 fully saturated rings. The maximum atomic E-state index is 5.46. The lowest BCUT2D eigenvalue weighted by Gasteiger charge is -2.10. The van der Waals surface area contributed by atoms with Crippen LogP contribution in [0.3, 0.4) is 0 Å². The quantitative estimate of drug-likeness (QED) is 0.806. The molecule has 0 saturated carbocycles. The van der Waals surface area contributed by atoms with Crippen LogP contribution >= 0.6 is 0 Å². The second-order valence-electron chi connectivity index (χ2n) is 5.85. The number of nitrogens with one attached hydrogen (secondary N) is 1. The van der Waals surface area contributed by atoms with Gasteiger partial charge in [0.2, 0.25) is 0 Å². The topological polar surface area (TPSA) is 21.3 Å². The molecule has 2 saturated heterocycles. The molecule has 2 heteroatoms. The van der Waals surface area contributed by atoms with Crippen molar-refractivity contribution in [2.75, 3.05) is 13.2 Å². The van der Waals surface area contributed by atoms with Crippen molar-refractivity contribution in [1.82, 2.24) is 5.32 Å². The fourth-order valence-electron chi connectivity index (χ4n) is 2.71. The van der Waals surface area contributed by atoms with Crippen molar-refractivity contribution in [3.05, 3.63) is 0 Å². The zero-order valence-electron chi connectivity index (χ0n) is 12.0. The molecule has 2 aliphatic rings. The Kier molecular flexibility index (Phi) is 7.87. The Bertz CT molecular complexity index is 175. The van der Waals surface area contributed by atoms with Gasteiger partial charge in [-0.2, -0.15) is 0 Å².